The molecule has 0 aromatic rings. The van der Waals surface area contributed by atoms with Crippen molar-refractivity contribution >= 4 is 5.97 Å². The number of rotatable bonds is 5. The van der Waals surface area contributed by atoms with E-state index in [0.29, 0.717) is 6.42 Å². The van der Waals surface area contributed by atoms with E-state index in [2.05, 4.69) is 6.58 Å². The van der Waals surface area contributed by atoms with E-state index < -0.39 is 35.9 Å². The summed E-state index contributed by atoms with van der Waals surface area (Å²) in [5.41, 5.74) is -1.30. The second-order valence-corrected chi connectivity index (χ2v) is 5.78. The molecule has 6 nitrogen and oxygen atoms in total. The summed E-state index contributed by atoms with van der Waals surface area (Å²) in [6.07, 6.45) is 0.568. The van der Waals surface area contributed by atoms with Gasteiger partial charge in [0, 0.05) is 13.0 Å². The number of esters is 1. The molecule has 0 radical (unpaired) electrons. The van der Waals surface area contributed by atoms with Gasteiger partial charge in [-0.05, 0) is 20.3 Å². The van der Waals surface area contributed by atoms with Crippen LogP contribution in [0.15, 0.2) is 12.7 Å². The third-order valence-electron chi connectivity index (χ3n) is 4.14. The molecule has 120 valence electrons. The summed E-state index contributed by atoms with van der Waals surface area (Å²) < 4.78 is 28.1. The van der Waals surface area contributed by atoms with Crippen LogP contribution in [-0.2, 0) is 28.5 Å². The average molecular weight is 300 g/mol. The van der Waals surface area contributed by atoms with E-state index in [1.807, 2.05) is 6.92 Å². The summed E-state index contributed by atoms with van der Waals surface area (Å²) in [5.74, 6) is -1.57. The lowest BCUT2D eigenvalue weighted by Crippen LogP contribution is -2.55. The van der Waals surface area contributed by atoms with Gasteiger partial charge < -0.3 is 23.7 Å². The quantitative estimate of drug-likeness (QED) is 0.568. The van der Waals surface area contributed by atoms with Crippen LogP contribution in [0.1, 0.15) is 27.2 Å². The van der Waals surface area contributed by atoms with E-state index >= 15 is 0 Å². The molecular weight excluding hydrogens is 276 g/mol. The second-order valence-electron chi connectivity index (χ2n) is 5.78. The SMILES string of the molecule is C=C[C@H](CC)[C@]1(C(=O)OC)O[C@H](OC)[C@H]2OC(C)(C)O[C@H]21. The molecule has 2 aliphatic rings. The van der Waals surface area contributed by atoms with Crippen LogP contribution in [0.4, 0.5) is 0 Å². The molecule has 0 unspecified atom stereocenters. The molecule has 2 saturated heterocycles. The fourth-order valence-corrected chi connectivity index (χ4v) is 3.25. The van der Waals surface area contributed by atoms with Gasteiger partial charge in [-0.25, -0.2) is 4.79 Å². The van der Waals surface area contributed by atoms with E-state index in [1.165, 1.54) is 14.2 Å². The minimum Gasteiger partial charge on any atom is -0.467 e. The van der Waals surface area contributed by atoms with Crippen molar-refractivity contribution in [3.8, 4) is 0 Å². The van der Waals surface area contributed by atoms with E-state index in [1.54, 1.807) is 19.9 Å². The number of carbonyl (C=O) groups excluding carboxylic acids is 1. The number of carbonyl (C=O) groups is 1. The predicted octanol–water partition coefficient (Wildman–Crippen LogP) is 1.63. The Labute approximate surface area is 125 Å². The third-order valence-corrected chi connectivity index (χ3v) is 4.14. The summed E-state index contributed by atoms with van der Waals surface area (Å²) in [7, 11) is 2.85. The number of hydrogen-bond donors (Lipinski definition) is 0. The number of methoxy groups -OCH3 is 2. The molecule has 2 aliphatic heterocycles. The van der Waals surface area contributed by atoms with Gasteiger partial charge in [0.25, 0.3) is 0 Å². The van der Waals surface area contributed by atoms with Crippen molar-refractivity contribution in [1.82, 2.24) is 0 Å². The maximum absolute atomic E-state index is 12.5. The van der Waals surface area contributed by atoms with Gasteiger partial charge in [0.2, 0.25) is 5.60 Å². The summed E-state index contributed by atoms with van der Waals surface area (Å²) in [6, 6.07) is 0. The molecule has 2 rings (SSSR count). The molecule has 0 N–H and O–H groups in total. The highest BCUT2D eigenvalue weighted by Crippen LogP contribution is 2.49. The van der Waals surface area contributed by atoms with Gasteiger partial charge in [0.05, 0.1) is 7.11 Å². The molecule has 0 bridgehead atoms. The van der Waals surface area contributed by atoms with Crippen LogP contribution in [0, 0.1) is 5.92 Å². The Morgan fingerprint density at radius 3 is 2.48 bits per heavy atom. The Kier molecular flexibility index (Phi) is 4.44. The first-order valence-corrected chi connectivity index (χ1v) is 7.13. The average Bonchev–Trinajstić information content (AvgIpc) is 2.92. The largest absolute Gasteiger partial charge is 0.467 e. The van der Waals surface area contributed by atoms with Crippen molar-refractivity contribution in [2.24, 2.45) is 5.92 Å². The Bertz CT molecular complexity index is 420. The van der Waals surface area contributed by atoms with Gasteiger partial charge in [0.15, 0.2) is 12.1 Å². The maximum Gasteiger partial charge on any atom is 0.341 e. The molecule has 0 amide bonds. The van der Waals surface area contributed by atoms with Crippen molar-refractivity contribution < 1.29 is 28.5 Å². The predicted molar refractivity (Wildman–Crippen MR) is 74.4 cm³/mol. The molecule has 0 aliphatic carbocycles. The van der Waals surface area contributed by atoms with Crippen LogP contribution in [-0.4, -0.2) is 50.1 Å². The van der Waals surface area contributed by atoms with Crippen LogP contribution in [0.5, 0.6) is 0 Å². The second kappa shape index (κ2) is 5.68. The van der Waals surface area contributed by atoms with Gasteiger partial charge in [-0.15, -0.1) is 6.58 Å². The van der Waals surface area contributed by atoms with Crippen LogP contribution in [0.2, 0.25) is 0 Å². The van der Waals surface area contributed by atoms with E-state index in [-0.39, 0.29) is 5.92 Å². The zero-order valence-corrected chi connectivity index (χ0v) is 13.3. The summed E-state index contributed by atoms with van der Waals surface area (Å²) in [4.78, 5) is 12.5. The normalized spacial score (nSPS) is 38.8. The molecule has 21 heavy (non-hydrogen) atoms. The van der Waals surface area contributed by atoms with Crippen molar-refractivity contribution in [2.75, 3.05) is 14.2 Å². The zero-order valence-electron chi connectivity index (χ0n) is 13.3. The van der Waals surface area contributed by atoms with E-state index in [9.17, 15) is 4.79 Å². The lowest BCUT2D eigenvalue weighted by Gasteiger charge is -2.36. The van der Waals surface area contributed by atoms with Gasteiger partial charge in [0.1, 0.15) is 12.2 Å². The summed E-state index contributed by atoms with van der Waals surface area (Å²) in [6.45, 7) is 9.37. The van der Waals surface area contributed by atoms with Crippen LogP contribution >= 0.6 is 0 Å². The molecule has 6 heteroatoms. The van der Waals surface area contributed by atoms with Gasteiger partial charge in [-0.3, -0.25) is 0 Å². The Morgan fingerprint density at radius 2 is 2.00 bits per heavy atom. The zero-order chi connectivity index (χ0) is 15.8. The first-order chi connectivity index (χ1) is 9.86. The summed E-state index contributed by atoms with van der Waals surface area (Å²) >= 11 is 0. The van der Waals surface area contributed by atoms with Crippen molar-refractivity contribution in [3.05, 3.63) is 12.7 Å². The van der Waals surface area contributed by atoms with Crippen molar-refractivity contribution in [2.45, 2.75) is 57.1 Å². The Hall–Kier alpha value is -0.950. The minimum atomic E-state index is -1.30. The van der Waals surface area contributed by atoms with E-state index in [4.69, 9.17) is 23.7 Å². The number of fused-ring (bicyclic) bond motifs is 1. The van der Waals surface area contributed by atoms with Crippen LogP contribution in [0.3, 0.4) is 0 Å². The highest BCUT2D eigenvalue weighted by molar-refractivity contribution is 5.82. The smallest absolute Gasteiger partial charge is 0.341 e. The molecule has 0 aromatic carbocycles. The van der Waals surface area contributed by atoms with Crippen molar-refractivity contribution in [3.63, 3.8) is 0 Å². The summed E-state index contributed by atoms with van der Waals surface area (Å²) in [5, 5.41) is 0. The van der Waals surface area contributed by atoms with E-state index in [0.717, 1.165) is 0 Å². The topological polar surface area (TPSA) is 63.2 Å². The number of hydrogen-bond acceptors (Lipinski definition) is 6. The minimum absolute atomic E-state index is 0.268. The highest BCUT2D eigenvalue weighted by atomic mass is 16.8. The third kappa shape index (κ3) is 2.40. The molecule has 0 spiro atoms. The molecular formula is C15H24O6. The molecule has 2 fully saturated rings. The number of ether oxygens (including phenoxy) is 5. The fourth-order valence-electron chi connectivity index (χ4n) is 3.25. The lowest BCUT2D eigenvalue weighted by atomic mass is 9.80. The standard InChI is InChI=1S/C15H24O6/c1-7-9(8-2)15(13(16)18-6)11-10(12(17-5)21-15)19-14(3,4)20-11/h7,9-12H,1,8H2,2-6H3/t9-,10+,11-,12+,15+/m1/s1. The van der Waals surface area contributed by atoms with Gasteiger partial charge >= 0.3 is 5.97 Å². The monoisotopic (exact) mass is 300 g/mol. The lowest BCUT2D eigenvalue weighted by molar-refractivity contribution is -0.259. The Morgan fingerprint density at radius 1 is 1.33 bits per heavy atom. The molecule has 5 atom stereocenters. The Balaban J connectivity index is 2.49. The fraction of sp³-hybridized carbons (Fsp3) is 0.800. The highest BCUT2D eigenvalue weighted by Gasteiger charge is 2.69. The molecule has 0 saturated carbocycles. The first kappa shape index (κ1) is 16.4. The van der Waals surface area contributed by atoms with Crippen molar-refractivity contribution in [1.29, 1.82) is 0 Å². The van der Waals surface area contributed by atoms with Crippen LogP contribution < -0.4 is 0 Å². The van der Waals surface area contributed by atoms with Crippen LogP contribution in [0.25, 0.3) is 0 Å². The maximum atomic E-state index is 12.5. The molecule has 0 aromatic heterocycles. The molecule has 2 heterocycles. The first-order valence-electron chi connectivity index (χ1n) is 7.13. The van der Waals surface area contributed by atoms with Gasteiger partial charge in [-0.1, -0.05) is 13.0 Å². The van der Waals surface area contributed by atoms with Gasteiger partial charge in [-0.2, -0.15) is 0 Å².